The van der Waals surface area contributed by atoms with Crippen LogP contribution in [0.15, 0.2) is 41.3 Å². The lowest BCUT2D eigenvalue weighted by molar-refractivity contribution is -0.0980. The number of phosphoric ester groups is 1. The second-order valence-corrected chi connectivity index (χ2v) is 10.3. The van der Waals surface area contributed by atoms with Gasteiger partial charge in [-0.25, -0.2) is 4.57 Å². The molecule has 13 heteroatoms. The number of nitrogens with zero attached hydrogens (tertiary/aromatic N) is 1. The predicted octanol–water partition coefficient (Wildman–Crippen LogP) is 2.52. The van der Waals surface area contributed by atoms with Crippen LogP contribution in [0.3, 0.4) is 0 Å². The monoisotopic (exact) mass is 504 g/mol. The van der Waals surface area contributed by atoms with Gasteiger partial charge < -0.3 is 14.9 Å². The van der Waals surface area contributed by atoms with Crippen molar-refractivity contribution in [2.75, 3.05) is 19.8 Å². The van der Waals surface area contributed by atoms with E-state index in [1.54, 1.807) is 18.2 Å². The predicted molar refractivity (Wildman–Crippen MR) is 116 cm³/mol. The summed E-state index contributed by atoms with van der Waals surface area (Å²) in [7, 11) is -3.89. The highest BCUT2D eigenvalue weighted by Crippen LogP contribution is 2.54. The lowest BCUT2D eigenvalue weighted by Gasteiger charge is -2.29. The van der Waals surface area contributed by atoms with Crippen LogP contribution in [0.2, 0.25) is 5.02 Å². The van der Waals surface area contributed by atoms with E-state index < -0.39 is 37.4 Å². The van der Waals surface area contributed by atoms with Crippen LogP contribution in [-0.4, -0.2) is 57.4 Å². The number of rotatable bonds is 5. The van der Waals surface area contributed by atoms with E-state index in [1.165, 1.54) is 23.8 Å². The van der Waals surface area contributed by atoms with Crippen molar-refractivity contribution in [2.24, 2.45) is 0 Å². The van der Waals surface area contributed by atoms with Crippen molar-refractivity contribution in [3.63, 3.8) is 0 Å². The fourth-order valence-electron chi connectivity index (χ4n) is 3.63. The number of benzene rings is 1. The van der Waals surface area contributed by atoms with Crippen LogP contribution >= 0.6 is 31.6 Å². The summed E-state index contributed by atoms with van der Waals surface area (Å²) >= 11 is 11.1. The summed E-state index contributed by atoms with van der Waals surface area (Å²) in [6.07, 6.45) is -2.23. The smallest absolute Gasteiger partial charge is 0.387 e. The Labute approximate surface area is 193 Å². The van der Waals surface area contributed by atoms with Gasteiger partial charge in [0.15, 0.2) is 11.0 Å². The van der Waals surface area contributed by atoms with Crippen LogP contribution in [0.1, 0.15) is 24.6 Å². The molecule has 2 aliphatic heterocycles. The number of phosphoric acid groups is 1. The first kappa shape index (κ1) is 23.7. The molecule has 2 aliphatic rings. The number of aliphatic hydroxyl groups excluding tert-OH is 1. The minimum atomic E-state index is -3.89. The van der Waals surface area contributed by atoms with Gasteiger partial charge in [-0.2, -0.15) is 0 Å². The number of aromatic amines is 1. The molecule has 2 saturated heterocycles. The van der Waals surface area contributed by atoms with E-state index in [0.29, 0.717) is 5.02 Å². The van der Waals surface area contributed by atoms with E-state index in [1.807, 2.05) is 6.07 Å². The first-order chi connectivity index (χ1) is 15.1. The third-order valence-corrected chi connectivity index (χ3v) is 7.39. The van der Waals surface area contributed by atoms with Crippen LogP contribution in [-0.2, 0) is 22.9 Å². The zero-order chi connectivity index (χ0) is 23.1. The molecule has 3 N–H and O–H groups in total. The van der Waals surface area contributed by atoms with Gasteiger partial charge in [0.05, 0.1) is 19.8 Å². The Kier molecular flexibility index (Phi) is 6.75. The number of hydrogen-bond acceptors (Lipinski definition) is 9. The summed E-state index contributed by atoms with van der Waals surface area (Å²) in [5, 5.41) is 21.9. The molecule has 3 heterocycles. The van der Waals surface area contributed by atoms with Gasteiger partial charge in [0.25, 0.3) is 5.56 Å². The molecule has 2 fully saturated rings. The van der Waals surface area contributed by atoms with Crippen molar-refractivity contribution in [1.29, 1.82) is 0 Å². The number of H-pyrrole nitrogens is 1. The van der Waals surface area contributed by atoms with Crippen LogP contribution in [0.25, 0.3) is 0 Å². The molecule has 0 bridgehead atoms. The molecule has 0 saturated carbocycles. The van der Waals surface area contributed by atoms with E-state index in [9.17, 15) is 19.6 Å². The Morgan fingerprint density at radius 2 is 2.09 bits per heavy atom. The Morgan fingerprint density at radius 3 is 2.75 bits per heavy atom. The summed E-state index contributed by atoms with van der Waals surface area (Å²) in [6.45, 7) is 1.18. The van der Waals surface area contributed by atoms with Crippen molar-refractivity contribution in [3.8, 4) is 0 Å². The quantitative estimate of drug-likeness (QED) is 0.415. The zero-order valence-electron chi connectivity index (χ0n) is 16.9. The third kappa shape index (κ3) is 4.77. The lowest BCUT2D eigenvalue weighted by Crippen LogP contribution is -2.44. The second-order valence-electron chi connectivity index (χ2n) is 7.80. The molecule has 1 aromatic heterocycles. The molecule has 10 nitrogen and oxygen atoms in total. The maximum absolute atomic E-state index is 12.8. The van der Waals surface area contributed by atoms with Crippen molar-refractivity contribution in [1.82, 2.24) is 9.55 Å². The fraction of sp³-hybridized carbons (Fsp3) is 0.474. The zero-order valence-corrected chi connectivity index (χ0v) is 19.4. The van der Waals surface area contributed by atoms with Crippen LogP contribution < -0.4 is 5.56 Å². The Hall–Kier alpha value is -1.40. The van der Waals surface area contributed by atoms with E-state index in [-0.39, 0.29) is 30.5 Å². The minimum absolute atomic E-state index is 0.00958. The van der Waals surface area contributed by atoms with Crippen molar-refractivity contribution < 1.29 is 33.1 Å². The SMILES string of the molecule is C[C@@]1(O)C(O)[C@@H](COP2(=O)OCC(c3cccc(Cl)c3)CO2)O[C@H]1n1ccc(=O)[nH]c1=S. The van der Waals surface area contributed by atoms with Crippen LogP contribution in [0, 0.1) is 4.77 Å². The number of ether oxygens (including phenoxy) is 1. The van der Waals surface area contributed by atoms with Gasteiger partial charge in [0, 0.05) is 23.2 Å². The molecule has 1 aromatic carbocycles. The highest BCUT2D eigenvalue weighted by atomic mass is 35.5. The van der Waals surface area contributed by atoms with Crippen LogP contribution in [0.5, 0.6) is 0 Å². The second kappa shape index (κ2) is 9.09. The molecule has 4 rings (SSSR count). The van der Waals surface area contributed by atoms with E-state index >= 15 is 0 Å². The molecule has 174 valence electrons. The summed E-state index contributed by atoms with van der Waals surface area (Å²) < 4.78 is 35.9. The van der Waals surface area contributed by atoms with Crippen molar-refractivity contribution in [2.45, 2.75) is 36.9 Å². The normalized spacial score (nSPS) is 35.1. The lowest BCUT2D eigenvalue weighted by atomic mass is 9.96. The van der Waals surface area contributed by atoms with Gasteiger partial charge in [0.2, 0.25) is 0 Å². The third-order valence-electron chi connectivity index (χ3n) is 5.44. The first-order valence-corrected chi connectivity index (χ1v) is 12.0. The van der Waals surface area contributed by atoms with Gasteiger partial charge in [0.1, 0.15) is 17.8 Å². The molecule has 0 radical (unpaired) electrons. The molecule has 2 aromatic rings. The average Bonchev–Trinajstić information content (AvgIpc) is 2.96. The summed E-state index contributed by atoms with van der Waals surface area (Å²) in [6, 6.07) is 8.41. The van der Waals surface area contributed by atoms with Crippen molar-refractivity contribution >= 4 is 31.6 Å². The fourth-order valence-corrected chi connectivity index (χ4v) is 5.36. The summed E-state index contributed by atoms with van der Waals surface area (Å²) in [5.74, 6) is -0.167. The summed E-state index contributed by atoms with van der Waals surface area (Å²) in [4.78, 5) is 13.8. The minimum Gasteiger partial charge on any atom is -0.387 e. The molecule has 0 amide bonds. The molecule has 32 heavy (non-hydrogen) atoms. The molecule has 0 spiro atoms. The van der Waals surface area contributed by atoms with Gasteiger partial charge in [-0.15, -0.1) is 0 Å². The first-order valence-electron chi connectivity index (χ1n) is 9.75. The van der Waals surface area contributed by atoms with E-state index in [0.717, 1.165) is 5.56 Å². The number of hydrogen-bond donors (Lipinski definition) is 3. The Balaban J connectivity index is 1.40. The van der Waals surface area contributed by atoms with Crippen molar-refractivity contribution in [3.05, 3.63) is 62.2 Å². The average molecular weight is 505 g/mol. The van der Waals surface area contributed by atoms with E-state index in [2.05, 4.69) is 4.98 Å². The number of aromatic nitrogens is 2. The Morgan fingerprint density at radius 1 is 1.38 bits per heavy atom. The summed E-state index contributed by atoms with van der Waals surface area (Å²) in [5.41, 5.74) is -1.30. The Bertz CT molecular complexity index is 1140. The maximum Gasteiger partial charge on any atom is 0.474 e. The molecular formula is C19H22ClN2O8PS. The highest BCUT2D eigenvalue weighted by Gasteiger charge is 2.54. The molecular weight excluding hydrogens is 483 g/mol. The van der Waals surface area contributed by atoms with Gasteiger partial charge >= 0.3 is 7.82 Å². The molecule has 1 unspecified atom stereocenters. The maximum atomic E-state index is 12.8. The number of nitrogens with one attached hydrogen (secondary N) is 1. The topological polar surface area (TPSA) is 132 Å². The highest BCUT2D eigenvalue weighted by molar-refractivity contribution is 7.71. The molecule has 4 atom stereocenters. The standard InChI is InChI=1S/C19H22ClN2O8PS/c1-19(25)16(24)14(30-17(19)22-6-5-15(23)21-18(22)32)10-29-31(26)27-8-12(9-28-31)11-3-2-4-13(20)7-11/h2-7,12,14,16-17,24-25H,8-10H2,1H3,(H,21,23,32)/t12?,14-,16?,17-,19-,31?/m1/s1. The number of aliphatic hydroxyl groups is 2. The van der Waals surface area contributed by atoms with Gasteiger partial charge in [-0.3, -0.25) is 27.9 Å². The van der Waals surface area contributed by atoms with Gasteiger partial charge in [-0.1, -0.05) is 23.7 Å². The number of halogens is 1. The largest absolute Gasteiger partial charge is 0.474 e. The van der Waals surface area contributed by atoms with Gasteiger partial charge in [-0.05, 0) is 36.8 Å². The molecule has 0 aliphatic carbocycles. The van der Waals surface area contributed by atoms with Crippen LogP contribution in [0.4, 0.5) is 0 Å². The van der Waals surface area contributed by atoms with E-state index in [4.69, 9.17) is 42.1 Å².